The van der Waals surface area contributed by atoms with E-state index in [0.717, 1.165) is 29.8 Å². The standard InChI is InChI=1S/C18H20N2O4S.Cl2O2S/c1-12-10-18(13(2)24-12)25(21,22)20-7-6-14-15-11-19(3)8-9-23-17(15)5-4-16(14)20;1-5(2,3)4/h4-7,10H,8-9,11H2,1-3H3;. The van der Waals surface area contributed by atoms with Crippen LogP contribution in [0.4, 0.5) is 0 Å². The Bertz CT molecular complexity index is 1290. The van der Waals surface area contributed by atoms with E-state index in [2.05, 4.69) is 26.3 Å². The molecular formula is C18H20Cl2N2O6S2. The lowest BCUT2D eigenvalue weighted by Gasteiger charge is -2.13. The molecule has 0 N–H and O–H groups in total. The summed E-state index contributed by atoms with van der Waals surface area (Å²) in [5.41, 5.74) is 1.67. The van der Waals surface area contributed by atoms with E-state index < -0.39 is 18.3 Å². The van der Waals surface area contributed by atoms with Crippen LogP contribution in [0.5, 0.6) is 5.75 Å². The first-order chi connectivity index (χ1) is 13.9. The Morgan fingerprint density at radius 2 is 1.73 bits per heavy atom. The smallest absolute Gasteiger partial charge is 0.317 e. The average molecular weight is 495 g/mol. The fourth-order valence-corrected chi connectivity index (χ4v) is 4.94. The van der Waals surface area contributed by atoms with Crippen molar-refractivity contribution in [3.8, 4) is 5.75 Å². The van der Waals surface area contributed by atoms with Crippen LogP contribution in [0.25, 0.3) is 10.9 Å². The number of aromatic nitrogens is 1. The molecule has 164 valence electrons. The monoisotopic (exact) mass is 494 g/mol. The highest BCUT2D eigenvalue weighted by molar-refractivity contribution is 8.31. The maximum Gasteiger partial charge on any atom is 0.317 e. The van der Waals surface area contributed by atoms with E-state index in [0.29, 0.717) is 23.6 Å². The van der Waals surface area contributed by atoms with Crippen LogP contribution in [-0.2, 0) is 24.8 Å². The number of aryl methyl sites for hydroxylation is 2. The predicted molar refractivity (Wildman–Crippen MR) is 115 cm³/mol. The van der Waals surface area contributed by atoms with Crippen molar-refractivity contribution in [3.63, 3.8) is 0 Å². The number of ether oxygens (including phenoxy) is 1. The molecule has 3 aromatic rings. The molecule has 1 aliphatic heterocycles. The molecule has 30 heavy (non-hydrogen) atoms. The van der Waals surface area contributed by atoms with E-state index in [1.54, 1.807) is 32.2 Å². The molecule has 0 saturated heterocycles. The summed E-state index contributed by atoms with van der Waals surface area (Å²) in [6.45, 7) is 5.60. The largest absolute Gasteiger partial charge is 0.492 e. The third kappa shape index (κ3) is 4.94. The Kier molecular flexibility index (Phi) is 6.45. The van der Waals surface area contributed by atoms with Crippen LogP contribution < -0.4 is 4.74 Å². The molecule has 0 aliphatic carbocycles. The summed E-state index contributed by atoms with van der Waals surface area (Å²) in [4.78, 5) is 2.37. The van der Waals surface area contributed by atoms with Crippen molar-refractivity contribution in [3.05, 3.63) is 47.5 Å². The fourth-order valence-electron chi connectivity index (χ4n) is 3.37. The van der Waals surface area contributed by atoms with Gasteiger partial charge in [-0.1, -0.05) is 0 Å². The van der Waals surface area contributed by atoms with Crippen molar-refractivity contribution in [2.45, 2.75) is 25.3 Å². The Morgan fingerprint density at radius 1 is 1.07 bits per heavy atom. The molecule has 0 unspecified atom stereocenters. The summed E-state index contributed by atoms with van der Waals surface area (Å²) < 4.78 is 57.1. The van der Waals surface area contributed by atoms with E-state index >= 15 is 0 Å². The van der Waals surface area contributed by atoms with Gasteiger partial charge in [-0.3, -0.25) is 4.90 Å². The lowest BCUT2D eigenvalue weighted by molar-refractivity contribution is 0.259. The first-order valence-corrected chi connectivity index (χ1v) is 13.4. The molecule has 0 fully saturated rings. The van der Waals surface area contributed by atoms with Crippen molar-refractivity contribution in [1.29, 1.82) is 0 Å². The predicted octanol–water partition coefficient (Wildman–Crippen LogP) is 3.62. The van der Waals surface area contributed by atoms with E-state index in [-0.39, 0.29) is 4.90 Å². The Labute approximate surface area is 183 Å². The van der Waals surface area contributed by atoms with Gasteiger partial charge in [-0.25, -0.2) is 12.4 Å². The van der Waals surface area contributed by atoms with Gasteiger partial charge >= 0.3 is 8.26 Å². The van der Waals surface area contributed by atoms with Crippen LogP contribution in [0.1, 0.15) is 17.1 Å². The second-order valence-corrected chi connectivity index (χ2v) is 12.3. The van der Waals surface area contributed by atoms with Crippen LogP contribution in [-0.4, -0.2) is 45.9 Å². The third-order valence-corrected chi connectivity index (χ3v) is 6.39. The van der Waals surface area contributed by atoms with Crippen molar-refractivity contribution >= 4 is 50.6 Å². The molecule has 0 saturated carbocycles. The lowest BCUT2D eigenvalue weighted by atomic mass is 10.1. The second-order valence-electron chi connectivity index (χ2n) is 6.83. The molecule has 4 rings (SSSR count). The van der Waals surface area contributed by atoms with Crippen molar-refractivity contribution in [2.24, 2.45) is 0 Å². The quantitative estimate of drug-likeness (QED) is 0.501. The molecule has 0 spiro atoms. The van der Waals surface area contributed by atoms with E-state index in [1.807, 2.05) is 19.2 Å². The average Bonchev–Trinajstić information content (AvgIpc) is 3.13. The van der Waals surface area contributed by atoms with Gasteiger partial charge in [-0.05, 0) is 39.1 Å². The van der Waals surface area contributed by atoms with Gasteiger partial charge in [0.2, 0.25) is 0 Å². The number of fused-ring (bicyclic) bond motifs is 3. The molecule has 0 radical (unpaired) electrons. The topological polar surface area (TPSA) is 98.8 Å². The number of furan rings is 1. The SMILES string of the molecule is Cc1cc(S(=O)(=O)n2ccc3c4c(ccc32)OCCN(C)C4)c(C)o1.O=S(=O)(Cl)Cl. The van der Waals surface area contributed by atoms with E-state index in [4.69, 9.17) is 17.6 Å². The fraction of sp³-hybridized carbons (Fsp3) is 0.333. The molecule has 0 atom stereocenters. The first kappa shape index (κ1) is 23.0. The number of nitrogens with zero attached hydrogens (tertiary/aromatic N) is 2. The Morgan fingerprint density at radius 3 is 2.33 bits per heavy atom. The van der Waals surface area contributed by atoms with Gasteiger partial charge in [0.05, 0.1) is 5.52 Å². The highest BCUT2D eigenvalue weighted by Crippen LogP contribution is 2.33. The van der Waals surface area contributed by atoms with Gasteiger partial charge < -0.3 is 9.15 Å². The van der Waals surface area contributed by atoms with Crippen LogP contribution in [0.2, 0.25) is 0 Å². The molecular weight excluding hydrogens is 475 g/mol. The van der Waals surface area contributed by atoms with Crippen molar-refractivity contribution < 1.29 is 26.0 Å². The summed E-state index contributed by atoms with van der Waals surface area (Å²) >= 11 is 0. The second kappa shape index (κ2) is 8.43. The summed E-state index contributed by atoms with van der Waals surface area (Å²) in [7, 11) is 3.13. The van der Waals surface area contributed by atoms with Crippen molar-refractivity contribution in [2.75, 3.05) is 20.2 Å². The zero-order chi connectivity index (χ0) is 22.3. The van der Waals surface area contributed by atoms with Crippen LogP contribution in [0, 0.1) is 13.8 Å². The van der Waals surface area contributed by atoms with Crippen LogP contribution in [0.15, 0.2) is 39.8 Å². The highest BCUT2D eigenvalue weighted by atomic mass is 36.0. The minimum Gasteiger partial charge on any atom is -0.492 e. The zero-order valence-electron chi connectivity index (χ0n) is 16.4. The molecule has 0 amide bonds. The lowest BCUT2D eigenvalue weighted by Crippen LogP contribution is -2.20. The van der Waals surface area contributed by atoms with Gasteiger partial charge in [0.15, 0.2) is 0 Å². The molecule has 3 heterocycles. The van der Waals surface area contributed by atoms with Crippen molar-refractivity contribution in [1.82, 2.24) is 8.87 Å². The number of halogens is 2. The van der Waals surface area contributed by atoms with Gasteiger partial charge in [0.1, 0.15) is 28.8 Å². The Hall–Kier alpha value is -1.72. The molecule has 1 aromatic carbocycles. The summed E-state index contributed by atoms with van der Waals surface area (Å²) in [5.74, 6) is 1.80. The van der Waals surface area contributed by atoms with Gasteiger partial charge in [0.25, 0.3) is 10.0 Å². The zero-order valence-corrected chi connectivity index (χ0v) is 19.6. The number of benzene rings is 1. The van der Waals surface area contributed by atoms with Gasteiger partial charge in [-0.2, -0.15) is 8.42 Å². The van der Waals surface area contributed by atoms with E-state index in [1.165, 1.54) is 3.97 Å². The molecule has 12 heteroatoms. The maximum atomic E-state index is 13.1. The normalized spacial score (nSPS) is 15.1. The highest BCUT2D eigenvalue weighted by Gasteiger charge is 2.26. The number of hydrogen-bond donors (Lipinski definition) is 0. The number of rotatable bonds is 2. The summed E-state index contributed by atoms with van der Waals surface area (Å²) in [6, 6.07) is 7.07. The Balaban J connectivity index is 0.000000461. The molecule has 1 aliphatic rings. The maximum absolute atomic E-state index is 13.1. The minimum atomic E-state index is -3.72. The number of hydrogen-bond acceptors (Lipinski definition) is 7. The molecule has 8 nitrogen and oxygen atoms in total. The van der Waals surface area contributed by atoms with Crippen LogP contribution >= 0.6 is 21.4 Å². The van der Waals surface area contributed by atoms with Gasteiger partial charge in [0, 0.05) is 57.7 Å². The molecule has 0 bridgehead atoms. The van der Waals surface area contributed by atoms with Gasteiger partial charge in [-0.15, -0.1) is 0 Å². The molecule has 2 aromatic heterocycles. The van der Waals surface area contributed by atoms with Crippen LogP contribution in [0.3, 0.4) is 0 Å². The minimum absolute atomic E-state index is 0.200. The summed E-state index contributed by atoms with van der Waals surface area (Å²) in [5, 5.41) is 0.896. The number of likely N-dealkylation sites (N-methyl/N-ethyl adjacent to an activating group) is 1. The first-order valence-electron chi connectivity index (χ1n) is 8.79. The van der Waals surface area contributed by atoms with E-state index in [9.17, 15) is 8.42 Å². The summed E-state index contributed by atoms with van der Waals surface area (Å²) in [6.07, 6.45) is 1.60. The third-order valence-electron chi connectivity index (χ3n) is 4.60.